The average Bonchev–Trinajstić information content (AvgIpc) is 3.21. The Morgan fingerprint density at radius 1 is 1.23 bits per heavy atom. The molecule has 22 heavy (non-hydrogen) atoms. The van der Waals surface area contributed by atoms with E-state index in [0.717, 1.165) is 21.8 Å². The van der Waals surface area contributed by atoms with E-state index in [2.05, 4.69) is 15.5 Å². The van der Waals surface area contributed by atoms with Gasteiger partial charge in [0.05, 0.1) is 22.3 Å². The monoisotopic (exact) mass is 310 g/mol. The lowest BCUT2D eigenvalue weighted by molar-refractivity contribution is 0.0736. The Bertz CT molecular complexity index is 824. The second-order valence-corrected chi connectivity index (χ2v) is 6.13. The minimum Gasteiger partial charge on any atom is -0.361 e. The van der Waals surface area contributed by atoms with Crippen LogP contribution in [0.15, 0.2) is 48.0 Å². The van der Waals surface area contributed by atoms with Gasteiger partial charge >= 0.3 is 0 Å². The van der Waals surface area contributed by atoms with Crippen molar-refractivity contribution in [2.24, 2.45) is 0 Å². The SMILES string of the molecule is CN1C(=O)c2ccccc2N[C@H]1c1cn[nH]c1-c1cccs1. The van der Waals surface area contributed by atoms with Gasteiger partial charge < -0.3 is 10.2 Å². The molecule has 0 aliphatic carbocycles. The molecule has 0 radical (unpaired) electrons. The van der Waals surface area contributed by atoms with Gasteiger partial charge in [-0.15, -0.1) is 11.3 Å². The van der Waals surface area contributed by atoms with Crippen LogP contribution in [0.5, 0.6) is 0 Å². The highest BCUT2D eigenvalue weighted by Crippen LogP contribution is 2.36. The predicted octanol–water partition coefficient (Wildman–Crippen LogP) is 3.33. The smallest absolute Gasteiger partial charge is 0.257 e. The number of carbonyl (C=O) groups excluding carboxylic acids is 1. The summed E-state index contributed by atoms with van der Waals surface area (Å²) in [5.41, 5.74) is 3.47. The van der Waals surface area contributed by atoms with Gasteiger partial charge in [0.1, 0.15) is 6.17 Å². The van der Waals surface area contributed by atoms with Crippen LogP contribution in [0.3, 0.4) is 0 Å². The zero-order valence-corrected chi connectivity index (χ0v) is 12.7. The first-order valence-electron chi connectivity index (χ1n) is 6.95. The van der Waals surface area contributed by atoms with E-state index in [4.69, 9.17) is 0 Å². The van der Waals surface area contributed by atoms with Crippen molar-refractivity contribution in [2.75, 3.05) is 12.4 Å². The molecule has 110 valence electrons. The van der Waals surface area contributed by atoms with Crippen LogP contribution in [-0.4, -0.2) is 28.1 Å². The van der Waals surface area contributed by atoms with Crippen LogP contribution in [0, 0.1) is 0 Å². The first-order chi connectivity index (χ1) is 10.8. The third-order valence-corrected chi connectivity index (χ3v) is 4.78. The van der Waals surface area contributed by atoms with Gasteiger partial charge in [0.15, 0.2) is 0 Å². The van der Waals surface area contributed by atoms with Gasteiger partial charge in [0.25, 0.3) is 5.91 Å². The van der Waals surface area contributed by atoms with Crippen LogP contribution >= 0.6 is 11.3 Å². The summed E-state index contributed by atoms with van der Waals surface area (Å²) in [5, 5.41) is 12.7. The van der Waals surface area contributed by atoms with Crippen LogP contribution < -0.4 is 5.32 Å². The van der Waals surface area contributed by atoms with Crippen molar-refractivity contribution in [3.63, 3.8) is 0 Å². The number of hydrogen-bond acceptors (Lipinski definition) is 4. The number of nitrogens with one attached hydrogen (secondary N) is 2. The fraction of sp³-hybridized carbons (Fsp3) is 0.125. The lowest BCUT2D eigenvalue weighted by Crippen LogP contribution is -2.40. The van der Waals surface area contributed by atoms with E-state index < -0.39 is 0 Å². The van der Waals surface area contributed by atoms with Crippen molar-refractivity contribution in [3.8, 4) is 10.6 Å². The lowest BCUT2D eigenvalue weighted by Gasteiger charge is -2.35. The van der Waals surface area contributed by atoms with Crippen LogP contribution in [0.4, 0.5) is 5.69 Å². The maximum absolute atomic E-state index is 12.6. The Hall–Kier alpha value is -2.60. The maximum Gasteiger partial charge on any atom is 0.257 e. The van der Waals surface area contributed by atoms with E-state index in [1.165, 1.54) is 0 Å². The summed E-state index contributed by atoms with van der Waals surface area (Å²) in [5.74, 6) is 0.0117. The summed E-state index contributed by atoms with van der Waals surface area (Å²) in [4.78, 5) is 15.4. The molecule has 3 aromatic rings. The number of benzene rings is 1. The molecule has 0 unspecified atom stereocenters. The van der Waals surface area contributed by atoms with E-state index in [-0.39, 0.29) is 12.1 Å². The number of aromatic nitrogens is 2. The molecule has 1 aromatic carbocycles. The third kappa shape index (κ3) is 1.92. The zero-order valence-electron chi connectivity index (χ0n) is 11.9. The number of aromatic amines is 1. The standard InChI is InChI=1S/C16H14N4OS/c1-20-15(18-12-6-3-2-5-10(12)16(20)21)11-9-17-19-14(11)13-7-4-8-22-13/h2-9,15,18H,1H3,(H,17,19)/t15-/m1/s1. The van der Waals surface area contributed by atoms with Gasteiger partial charge in [-0.25, -0.2) is 0 Å². The van der Waals surface area contributed by atoms with Crippen LogP contribution in [0.2, 0.25) is 0 Å². The average molecular weight is 310 g/mol. The molecule has 5 nitrogen and oxygen atoms in total. The van der Waals surface area contributed by atoms with Gasteiger partial charge in [0, 0.05) is 18.3 Å². The Morgan fingerprint density at radius 3 is 2.91 bits per heavy atom. The molecular weight excluding hydrogens is 296 g/mol. The minimum atomic E-state index is -0.238. The highest BCUT2D eigenvalue weighted by Gasteiger charge is 2.32. The van der Waals surface area contributed by atoms with Crippen molar-refractivity contribution >= 4 is 22.9 Å². The van der Waals surface area contributed by atoms with E-state index in [1.54, 1.807) is 29.5 Å². The molecule has 2 N–H and O–H groups in total. The van der Waals surface area contributed by atoms with Crippen molar-refractivity contribution in [2.45, 2.75) is 6.17 Å². The number of H-pyrrole nitrogens is 1. The summed E-state index contributed by atoms with van der Waals surface area (Å²) >= 11 is 1.64. The van der Waals surface area contributed by atoms with Crippen molar-refractivity contribution in [1.82, 2.24) is 15.1 Å². The topological polar surface area (TPSA) is 61.0 Å². The molecule has 0 saturated heterocycles. The lowest BCUT2D eigenvalue weighted by atomic mass is 10.0. The fourth-order valence-electron chi connectivity index (χ4n) is 2.75. The predicted molar refractivity (Wildman–Crippen MR) is 86.8 cm³/mol. The number of fused-ring (bicyclic) bond motifs is 1. The minimum absolute atomic E-state index is 0.0117. The molecule has 0 bridgehead atoms. The maximum atomic E-state index is 12.6. The largest absolute Gasteiger partial charge is 0.361 e. The van der Waals surface area contributed by atoms with Gasteiger partial charge in [0.2, 0.25) is 0 Å². The van der Waals surface area contributed by atoms with E-state index in [9.17, 15) is 4.79 Å². The molecule has 2 aromatic heterocycles. The number of thiophene rings is 1. The molecule has 1 amide bonds. The Morgan fingerprint density at radius 2 is 2.09 bits per heavy atom. The highest BCUT2D eigenvalue weighted by molar-refractivity contribution is 7.13. The molecule has 6 heteroatoms. The number of amides is 1. The Labute approximate surface area is 131 Å². The number of para-hydroxylation sites is 1. The number of carbonyl (C=O) groups is 1. The molecule has 3 heterocycles. The summed E-state index contributed by atoms with van der Waals surface area (Å²) in [6, 6.07) is 11.6. The fourth-order valence-corrected chi connectivity index (χ4v) is 3.50. The number of hydrogen-bond donors (Lipinski definition) is 2. The van der Waals surface area contributed by atoms with Gasteiger partial charge in [-0.05, 0) is 23.6 Å². The summed E-state index contributed by atoms with van der Waals surface area (Å²) in [6.07, 6.45) is 1.54. The van der Waals surface area contributed by atoms with Crippen molar-refractivity contribution in [3.05, 3.63) is 59.1 Å². The van der Waals surface area contributed by atoms with Gasteiger partial charge in [-0.3, -0.25) is 9.89 Å². The quantitative estimate of drug-likeness (QED) is 0.763. The first-order valence-corrected chi connectivity index (χ1v) is 7.83. The summed E-state index contributed by atoms with van der Waals surface area (Å²) in [6.45, 7) is 0. The molecule has 0 fully saturated rings. The van der Waals surface area contributed by atoms with Crippen LogP contribution in [0.1, 0.15) is 22.1 Å². The molecule has 0 saturated carbocycles. The molecule has 1 aliphatic rings. The summed E-state index contributed by atoms with van der Waals surface area (Å²) in [7, 11) is 1.81. The van der Waals surface area contributed by atoms with E-state index >= 15 is 0 Å². The van der Waals surface area contributed by atoms with Crippen LogP contribution in [-0.2, 0) is 0 Å². The molecule has 1 aliphatic heterocycles. The third-order valence-electron chi connectivity index (χ3n) is 3.89. The van der Waals surface area contributed by atoms with Gasteiger partial charge in [-0.1, -0.05) is 18.2 Å². The van der Waals surface area contributed by atoms with E-state index in [0.29, 0.717) is 5.56 Å². The Kier molecular flexibility index (Phi) is 2.97. The number of nitrogens with zero attached hydrogens (tertiary/aromatic N) is 2. The van der Waals surface area contributed by atoms with Gasteiger partial charge in [-0.2, -0.15) is 5.10 Å². The summed E-state index contributed by atoms with van der Waals surface area (Å²) < 4.78 is 0. The van der Waals surface area contributed by atoms with Crippen molar-refractivity contribution < 1.29 is 4.79 Å². The molecular formula is C16H14N4OS. The van der Waals surface area contributed by atoms with Crippen molar-refractivity contribution in [1.29, 1.82) is 0 Å². The number of rotatable bonds is 2. The zero-order chi connectivity index (χ0) is 15.1. The molecule has 1 atom stereocenters. The van der Waals surface area contributed by atoms with E-state index in [1.807, 2.05) is 41.8 Å². The first kappa shape index (κ1) is 13.1. The number of anilines is 1. The molecule has 0 spiro atoms. The van der Waals surface area contributed by atoms with Crippen LogP contribution in [0.25, 0.3) is 10.6 Å². The Balaban J connectivity index is 1.79. The highest BCUT2D eigenvalue weighted by atomic mass is 32.1. The second-order valence-electron chi connectivity index (χ2n) is 5.19. The second kappa shape index (κ2) is 4.99. The molecule has 4 rings (SSSR count). The normalized spacial score (nSPS) is 17.2.